The highest BCUT2D eigenvalue weighted by Crippen LogP contribution is 2.11. The van der Waals surface area contributed by atoms with Gasteiger partial charge in [0.25, 0.3) is 0 Å². The lowest BCUT2D eigenvalue weighted by Crippen LogP contribution is -2.36. The molecule has 0 aliphatic rings. The lowest BCUT2D eigenvalue weighted by atomic mass is 10.1. The predicted octanol–water partition coefficient (Wildman–Crippen LogP) is 2.38. The number of benzene rings is 1. The fourth-order valence-electron chi connectivity index (χ4n) is 1.97. The molecule has 0 radical (unpaired) electrons. The van der Waals surface area contributed by atoms with Gasteiger partial charge in [0.15, 0.2) is 0 Å². The molecule has 0 heterocycles. The van der Waals surface area contributed by atoms with E-state index in [0.29, 0.717) is 17.6 Å². The summed E-state index contributed by atoms with van der Waals surface area (Å²) in [6.45, 7) is 4.65. The van der Waals surface area contributed by atoms with Crippen molar-refractivity contribution in [2.24, 2.45) is 5.73 Å². The Labute approximate surface area is 126 Å². The Hall–Kier alpha value is -1.46. The highest BCUT2D eigenvalue weighted by atomic mass is 32.1. The Morgan fingerprint density at radius 2 is 2.20 bits per heavy atom. The minimum atomic E-state index is -0.0319. The molecule has 1 amide bonds. The standard InChI is InChI=1S/C15H23N3OS/c1-4-6-11(2)18(3)10-14(19)17-13-8-5-7-12(9-13)15(16)20/h5,7-9,11H,4,6,10H2,1-3H3,(H2,16,20)(H,17,19). The zero-order valence-electron chi connectivity index (χ0n) is 12.3. The second-order valence-electron chi connectivity index (χ2n) is 5.05. The molecule has 1 rings (SSSR count). The molecular formula is C15H23N3OS. The second-order valence-corrected chi connectivity index (χ2v) is 5.49. The highest BCUT2D eigenvalue weighted by Gasteiger charge is 2.12. The number of nitrogens with one attached hydrogen (secondary N) is 1. The van der Waals surface area contributed by atoms with Crippen LogP contribution in [0.4, 0.5) is 5.69 Å². The van der Waals surface area contributed by atoms with Crippen molar-refractivity contribution in [3.63, 3.8) is 0 Å². The van der Waals surface area contributed by atoms with Crippen LogP contribution in [0.3, 0.4) is 0 Å². The third-order valence-electron chi connectivity index (χ3n) is 3.28. The van der Waals surface area contributed by atoms with Crippen molar-refractivity contribution in [1.29, 1.82) is 0 Å². The molecule has 4 nitrogen and oxygen atoms in total. The summed E-state index contributed by atoms with van der Waals surface area (Å²) < 4.78 is 0. The van der Waals surface area contributed by atoms with Crippen molar-refractivity contribution in [3.8, 4) is 0 Å². The monoisotopic (exact) mass is 293 g/mol. The van der Waals surface area contributed by atoms with Gasteiger partial charge in [0.05, 0.1) is 6.54 Å². The van der Waals surface area contributed by atoms with E-state index in [1.807, 2.05) is 25.2 Å². The van der Waals surface area contributed by atoms with Crippen molar-refractivity contribution < 1.29 is 4.79 Å². The number of likely N-dealkylation sites (N-methyl/N-ethyl adjacent to an activating group) is 1. The lowest BCUT2D eigenvalue weighted by Gasteiger charge is -2.23. The third-order valence-corrected chi connectivity index (χ3v) is 3.52. The maximum absolute atomic E-state index is 12.0. The van der Waals surface area contributed by atoms with Crippen LogP contribution in [0.1, 0.15) is 32.3 Å². The minimum absolute atomic E-state index is 0.0319. The fourth-order valence-corrected chi connectivity index (χ4v) is 2.10. The van der Waals surface area contributed by atoms with E-state index in [1.54, 1.807) is 6.07 Å². The van der Waals surface area contributed by atoms with Crippen LogP contribution in [-0.2, 0) is 4.79 Å². The fraction of sp³-hybridized carbons (Fsp3) is 0.467. The Kier molecular flexibility index (Phi) is 6.61. The van der Waals surface area contributed by atoms with Crippen LogP contribution in [0.5, 0.6) is 0 Å². The van der Waals surface area contributed by atoms with E-state index >= 15 is 0 Å². The number of hydrogen-bond acceptors (Lipinski definition) is 3. The largest absolute Gasteiger partial charge is 0.389 e. The van der Waals surface area contributed by atoms with Gasteiger partial charge in [-0.15, -0.1) is 0 Å². The van der Waals surface area contributed by atoms with Crippen LogP contribution >= 0.6 is 12.2 Å². The van der Waals surface area contributed by atoms with Gasteiger partial charge in [-0.3, -0.25) is 9.69 Å². The number of rotatable bonds is 7. The predicted molar refractivity (Wildman–Crippen MR) is 88.0 cm³/mol. The number of nitrogens with zero attached hydrogens (tertiary/aromatic N) is 1. The molecule has 0 aliphatic heterocycles. The van der Waals surface area contributed by atoms with Crippen molar-refractivity contribution >= 4 is 28.8 Å². The van der Waals surface area contributed by atoms with Gasteiger partial charge >= 0.3 is 0 Å². The van der Waals surface area contributed by atoms with Crippen molar-refractivity contribution in [2.75, 3.05) is 18.9 Å². The van der Waals surface area contributed by atoms with E-state index in [9.17, 15) is 4.79 Å². The number of amides is 1. The molecule has 1 aromatic carbocycles. The quantitative estimate of drug-likeness (QED) is 0.758. The van der Waals surface area contributed by atoms with Crippen molar-refractivity contribution in [1.82, 2.24) is 4.90 Å². The van der Waals surface area contributed by atoms with Crippen LogP contribution in [0.15, 0.2) is 24.3 Å². The molecule has 0 bridgehead atoms. The van der Waals surface area contributed by atoms with E-state index in [2.05, 4.69) is 24.1 Å². The molecule has 110 valence electrons. The summed E-state index contributed by atoms with van der Waals surface area (Å²) in [5.41, 5.74) is 7.05. The highest BCUT2D eigenvalue weighted by molar-refractivity contribution is 7.80. The zero-order valence-corrected chi connectivity index (χ0v) is 13.2. The summed E-state index contributed by atoms with van der Waals surface area (Å²) in [7, 11) is 1.96. The van der Waals surface area contributed by atoms with Crippen LogP contribution in [0, 0.1) is 0 Å². The first-order valence-corrected chi connectivity index (χ1v) is 7.24. The van der Waals surface area contributed by atoms with Gasteiger partial charge in [-0.25, -0.2) is 0 Å². The van der Waals surface area contributed by atoms with Gasteiger partial charge in [-0.1, -0.05) is 37.7 Å². The number of anilines is 1. The van der Waals surface area contributed by atoms with Crippen LogP contribution in [-0.4, -0.2) is 35.4 Å². The summed E-state index contributed by atoms with van der Waals surface area (Å²) in [5.74, 6) is -0.0319. The zero-order chi connectivity index (χ0) is 15.1. The smallest absolute Gasteiger partial charge is 0.238 e. The molecule has 5 heteroatoms. The molecule has 3 N–H and O–H groups in total. The number of hydrogen-bond donors (Lipinski definition) is 2. The van der Waals surface area contributed by atoms with Crippen LogP contribution in [0.2, 0.25) is 0 Å². The third kappa shape index (κ3) is 5.27. The van der Waals surface area contributed by atoms with Gasteiger partial charge in [0.1, 0.15) is 4.99 Å². The normalized spacial score (nSPS) is 12.2. The summed E-state index contributed by atoms with van der Waals surface area (Å²) in [6.07, 6.45) is 2.20. The average molecular weight is 293 g/mol. The summed E-state index contributed by atoms with van der Waals surface area (Å²) in [5, 5.41) is 2.87. The summed E-state index contributed by atoms with van der Waals surface area (Å²) >= 11 is 4.93. The molecule has 0 aromatic heterocycles. The Morgan fingerprint density at radius 1 is 1.50 bits per heavy atom. The molecule has 0 saturated carbocycles. The van der Waals surface area contributed by atoms with E-state index in [0.717, 1.165) is 24.1 Å². The molecular weight excluding hydrogens is 270 g/mol. The molecule has 0 aliphatic carbocycles. The molecule has 1 atom stereocenters. The Bertz CT molecular complexity index is 476. The summed E-state index contributed by atoms with van der Waals surface area (Å²) in [6, 6.07) is 7.67. The lowest BCUT2D eigenvalue weighted by molar-refractivity contribution is -0.117. The number of carbonyl (C=O) groups excluding carboxylic acids is 1. The molecule has 1 unspecified atom stereocenters. The number of nitrogens with two attached hydrogens (primary N) is 1. The minimum Gasteiger partial charge on any atom is -0.389 e. The van der Waals surface area contributed by atoms with Gasteiger partial charge in [0, 0.05) is 17.3 Å². The van der Waals surface area contributed by atoms with E-state index in [-0.39, 0.29) is 5.91 Å². The van der Waals surface area contributed by atoms with E-state index in [1.165, 1.54) is 0 Å². The first-order chi connectivity index (χ1) is 9.43. The maximum atomic E-state index is 12.0. The molecule has 1 aromatic rings. The Balaban J connectivity index is 2.58. The van der Waals surface area contributed by atoms with Crippen LogP contribution in [0.25, 0.3) is 0 Å². The Morgan fingerprint density at radius 3 is 2.80 bits per heavy atom. The van der Waals surface area contributed by atoms with E-state index in [4.69, 9.17) is 18.0 Å². The average Bonchev–Trinajstić information content (AvgIpc) is 2.39. The first-order valence-electron chi connectivity index (χ1n) is 6.84. The van der Waals surface area contributed by atoms with Gasteiger partial charge < -0.3 is 11.1 Å². The maximum Gasteiger partial charge on any atom is 0.238 e. The van der Waals surface area contributed by atoms with Gasteiger partial charge in [0.2, 0.25) is 5.91 Å². The first kappa shape index (κ1) is 16.6. The van der Waals surface area contributed by atoms with E-state index < -0.39 is 0 Å². The van der Waals surface area contributed by atoms with Gasteiger partial charge in [-0.05, 0) is 32.5 Å². The molecule has 0 fully saturated rings. The van der Waals surface area contributed by atoms with Crippen LogP contribution < -0.4 is 11.1 Å². The molecule has 0 saturated heterocycles. The van der Waals surface area contributed by atoms with Crippen molar-refractivity contribution in [2.45, 2.75) is 32.7 Å². The topological polar surface area (TPSA) is 58.4 Å². The summed E-state index contributed by atoms with van der Waals surface area (Å²) in [4.78, 5) is 14.4. The van der Waals surface area contributed by atoms with Crippen molar-refractivity contribution in [3.05, 3.63) is 29.8 Å². The SMILES string of the molecule is CCCC(C)N(C)CC(=O)Nc1cccc(C(N)=S)c1. The number of thiocarbonyl (C=S) groups is 1. The number of carbonyl (C=O) groups is 1. The molecule has 0 spiro atoms. The van der Waals surface area contributed by atoms with Gasteiger partial charge in [-0.2, -0.15) is 0 Å². The molecule has 20 heavy (non-hydrogen) atoms. The second kappa shape index (κ2) is 7.97.